The lowest BCUT2D eigenvalue weighted by atomic mass is 9.65. The Bertz CT molecular complexity index is 768. The second-order valence-electron chi connectivity index (χ2n) is 8.00. The lowest BCUT2D eigenvalue weighted by Crippen LogP contribution is -2.52. The molecule has 2 heterocycles. The third-order valence-corrected chi connectivity index (χ3v) is 5.90. The van der Waals surface area contributed by atoms with Crippen molar-refractivity contribution in [3.05, 3.63) is 29.3 Å². The van der Waals surface area contributed by atoms with Crippen molar-refractivity contribution in [1.82, 2.24) is 10.2 Å². The van der Waals surface area contributed by atoms with E-state index in [9.17, 15) is 14.4 Å². The summed E-state index contributed by atoms with van der Waals surface area (Å²) < 4.78 is 0. The number of carbonyl (C=O) groups excluding carboxylic acids is 3. The summed E-state index contributed by atoms with van der Waals surface area (Å²) in [6, 6.07) is 5.73. The van der Waals surface area contributed by atoms with E-state index in [0.29, 0.717) is 18.4 Å². The second-order valence-corrected chi connectivity index (χ2v) is 8.00. The summed E-state index contributed by atoms with van der Waals surface area (Å²) in [6.07, 6.45) is 4.74. The Labute approximate surface area is 153 Å². The maximum atomic E-state index is 12.9. The summed E-state index contributed by atoms with van der Waals surface area (Å²) in [7, 11) is 0. The number of hydrogen-bond acceptors (Lipinski definition) is 3. The van der Waals surface area contributed by atoms with Gasteiger partial charge in [0.05, 0.1) is 6.42 Å². The van der Waals surface area contributed by atoms with Crippen LogP contribution in [0.5, 0.6) is 0 Å². The summed E-state index contributed by atoms with van der Waals surface area (Å²) in [5.74, 6) is 0.164. The van der Waals surface area contributed by atoms with Crippen molar-refractivity contribution >= 4 is 23.4 Å². The third kappa shape index (κ3) is 3.08. The van der Waals surface area contributed by atoms with Crippen molar-refractivity contribution in [2.24, 2.45) is 5.41 Å². The Balaban J connectivity index is 1.35. The van der Waals surface area contributed by atoms with Crippen LogP contribution in [-0.4, -0.2) is 41.8 Å². The fraction of sp³-hybridized carbons (Fsp3) is 0.550. The molecule has 1 saturated carbocycles. The van der Waals surface area contributed by atoms with Crippen LogP contribution in [0, 0.1) is 5.41 Å². The average Bonchev–Trinajstić information content (AvgIpc) is 3.16. The van der Waals surface area contributed by atoms with Crippen molar-refractivity contribution in [2.45, 2.75) is 51.5 Å². The minimum Gasteiger partial charge on any atom is -0.353 e. The van der Waals surface area contributed by atoms with Crippen LogP contribution in [0.3, 0.4) is 0 Å². The normalized spacial score (nSPS) is 26.4. The van der Waals surface area contributed by atoms with E-state index < -0.39 is 0 Å². The predicted octanol–water partition coefficient (Wildman–Crippen LogP) is 2.09. The molecule has 138 valence electrons. The van der Waals surface area contributed by atoms with Gasteiger partial charge in [-0.25, -0.2) is 0 Å². The number of anilines is 1. The van der Waals surface area contributed by atoms with Gasteiger partial charge in [0.25, 0.3) is 5.91 Å². The van der Waals surface area contributed by atoms with Crippen LogP contribution in [0.2, 0.25) is 0 Å². The largest absolute Gasteiger partial charge is 0.353 e. The molecular formula is C20H25N3O3. The van der Waals surface area contributed by atoms with E-state index in [2.05, 4.69) is 10.6 Å². The molecule has 2 fully saturated rings. The zero-order valence-corrected chi connectivity index (χ0v) is 15.1. The van der Waals surface area contributed by atoms with Gasteiger partial charge in [-0.2, -0.15) is 0 Å². The Morgan fingerprint density at radius 1 is 1.35 bits per heavy atom. The monoisotopic (exact) mass is 355 g/mol. The Hall–Kier alpha value is -2.37. The van der Waals surface area contributed by atoms with Crippen LogP contribution >= 0.6 is 0 Å². The van der Waals surface area contributed by atoms with Crippen molar-refractivity contribution in [3.8, 4) is 0 Å². The molecule has 0 atom stereocenters. The van der Waals surface area contributed by atoms with Crippen molar-refractivity contribution in [2.75, 3.05) is 18.4 Å². The molecule has 0 bridgehead atoms. The van der Waals surface area contributed by atoms with Crippen LogP contribution in [0.25, 0.3) is 0 Å². The quantitative estimate of drug-likeness (QED) is 0.868. The van der Waals surface area contributed by atoms with Gasteiger partial charge in [0.2, 0.25) is 11.8 Å². The van der Waals surface area contributed by atoms with Gasteiger partial charge < -0.3 is 15.5 Å². The van der Waals surface area contributed by atoms with Gasteiger partial charge in [-0.3, -0.25) is 14.4 Å². The minimum absolute atomic E-state index is 0.0182. The highest BCUT2D eigenvalue weighted by Crippen LogP contribution is 2.48. The lowest BCUT2D eigenvalue weighted by Gasteiger charge is -2.45. The van der Waals surface area contributed by atoms with Gasteiger partial charge in [-0.15, -0.1) is 0 Å². The van der Waals surface area contributed by atoms with E-state index in [4.69, 9.17) is 0 Å². The Morgan fingerprint density at radius 2 is 2.15 bits per heavy atom. The van der Waals surface area contributed by atoms with E-state index in [-0.39, 0.29) is 29.2 Å². The van der Waals surface area contributed by atoms with E-state index in [1.165, 1.54) is 0 Å². The number of benzene rings is 1. The van der Waals surface area contributed by atoms with Crippen LogP contribution in [-0.2, 0) is 16.0 Å². The molecule has 1 spiro atoms. The first-order chi connectivity index (χ1) is 12.5. The molecule has 3 aliphatic rings. The molecule has 2 aliphatic heterocycles. The van der Waals surface area contributed by atoms with Crippen molar-refractivity contribution in [3.63, 3.8) is 0 Å². The van der Waals surface area contributed by atoms with Gasteiger partial charge in [-0.1, -0.05) is 6.92 Å². The van der Waals surface area contributed by atoms with Gasteiger partial charge >= 0.3 is 0 Å². The number of nitrogens with one attached hydrogen (secondary N) is 2. The van der Waals surface area contributed by atoms with Crippen molar-refractivity contribution < 1.29 is 14.4 Å². The average molecular weight is 355 g/mol. The SMILES string of the molecule is CCCC(=O)NC1CC2(CCN(C(=O)c3ccc4c(c3)CC(=O)N4)C2)C1. The zero-order chi connectivity index (χ0) is 18.3. The molecule has 0 unspecified atom stereocenters. The van der Waals surface area contributed by atoms with Gasteiger partial charge in [0.15, 0.2) is 0 Å². The first-order valence-electron chi connectivity index (χ1n) is 9.49. The molecule has 2 N–H and O–H groups in total. The molecule has 6 nitrogen and oxygen atoms in total. The molecule has 0 radical (unpaired) electrons. The first kappa shape index (κ1) is 17.1. The highest BCUT2D eigenvalue weighted by Gasteiger charge is 2.49. The number of hydrogen-bond donors (Lipinski definition) is 2. The fourth-order valence-corrected chi connectivity index (χ4v) is 4.60. The van der Waals surface area contributed by atoms with E-state index >= 15 is 0 Å². The lowest BCUT2D eigenvalue weighted by molar-refractivity contribution is -0.123. The maximum absolute atomic E-state index is 12.9. The van der Waals surface area contributed by atoms with Crippen LogP contribution < -0.4 is 10.6 Å². The number of likely N-dealkylation sites (tertiary alicyclic amines) is 1. The summed E-state index contributed by atoms with van der Waals surface area (Å²) in [4.78, 5) is 38.0. The number of nitrogens with zero attached hydrogens (tertiary/aromatic N) is 1. The summed E-state index contributed by atoms with van der Waals surface area (Å²) >= 11 is 0. The second kappa shape index (κ2) is 6.41. The molecule has 1 aromatic carbocycles. The first-order valence-corrected chi connectivity index (χ1v) is 9.49. The van der Waals surface area contributed by atoms with Gasteiger partial charge in [0, 0.05) is 36.8 Å². The zero-order valence-electron chi connectivity index (χ0n) is 15.1. The number of amides is 3. The van der Waals surface area contributed by atoms with Crippen LogP contribution in [0.15, 0.2) is 18.2 Å². The molecule has 1 aromatic rings. The Kier molecular flexibility index (Phi) is 4.21. The van der Waals surface area contributed by atoms with Crippen LogP contribution in [0.4, 0.5) is 5.69 Å². The highest BCUT2D eigenvalue weighted by molar-refractivity contribution is 6.01. The molecule has 3 amide bonds. The molecular weight excluding hydrogens is 330 g/mol. The smallest absolute Gasteiger partial charge is 0.253 e. The molecule has 0 aromatic heterocycles. The standard InChI is InChI=1S/C20H25N3O3/c1-2-3-17(24)21-15-10-20(11-15)6-7-23(12-20)19(26)13-4-5-16-14(8-13)9-18(25)22-16/h4-5,8,15H,2-3,6-7,9-12H2,1H3,(H,21,24)(H,22,25). The van der Waals surface area contributed by atoms with E-state index in [0.717, 1.165) is 50.0 Å². The van der Waals surface area contributed by atoms with Crippen LogP contribution in [0.1, 0.15) is 54.9 Å². The Morgan fingerprint density at radius 3 is 2.92 bits per heavy atom. The van der Waals surface area contributed by atoms with E-state index in [1.807, 2.05) is 24.0 Å². The highest BCUT2D eigenvalue weighted by atomic mass is 16.2. The molecule has 1 aliphatic carbocycles. The maximum Gasteiger partial charge on any atom is 0.253 e. The van der Waals surface area contributed by atoms with Gasteiger partial charge in [-0.05, 0) is 54.9 Å². The summed E-state index contributed by atoms with van der Waals surface area (Å²) in [5.41, 5.74) is 2.55. The molecule has 6 heteroatoms. The molecule has 1 saturated heterocycles. The van der Waals surface area contributed by atoms with Crippen molar-refractivity contribution in [1.29, 1.82) is 0 Å². The summed E-state index contributed by atoms with van der Waals surface area (Å²) in [6.45, 7) is 3.54. The number of carbonyl (C=O) groups is 3. The third-order valence-electron chi connectivity index (χ3n) is 5.90. The fourth-order valence-electron chi connectivity index (χ4n) is 4.60. The summed E-state index contributed by atoms with van der Waals surface area (Å²) in [5, 5.41) is 5.89. The molecule has 4 rings (SSSR count). The van der Waals surface area contributed by atoms with E-state index in [1.54, 1.807) is 6.07 Å². The van der Waals surface area contributed by atoms with Gasteiger partial charge in [0.1, 0.15) is 0 Å². The topological polar surface area (TPSA) is 78.5 Å². The number of rotatable bonds is 4. The predicted molar refractivity (Wildman–Crippen MR) is 97.8 cm³/mol. The number of fused-ring (bicyclic) bond motifs is 1. The minimum atomic E-state index is -0.0182. The molecule has 26 heavy (non-hydrogen) atoms.